The van der Waals surface area contributed by atoms with Gasteiger partial charge in [0.05, 0.1) is 11.4 Å². The van der Waals surface area contributed by atoms with Crippen LogP contribution in [0.4, 0.5) is 11.4 Å². The first-order valence-corrected chi connectivity index (χ1v) is 10.4. The van der Waals surface area contributed by atoms with E-state index in [1.807, 2.05) is 54.6 Å². The van der Waals surface area contributed by atoms with Crippen LogP contribution in [0.5, 0.6) is 11.5 Å². The van der Waals surface area contributed by atoms with E-state index in [2.05, 4.69) is 10.2 Å². The summed E-state index contributed by atoms with van der Waals surface area (Å²) in [5, 5.41) is 3.01. The highest BCUT2D eigenvalue weighted by Gasteiger charge is 2.24. The number of benzene rings is 3. The number of nitrogens with zero attached hydrogens (tertiary/aromatic N) is 1. The van der Waals surface area contributed by atoms with Crippen LogP contribution in [0.25, 0.3) is 0 Å². The first-order chi connectivity index (χ1) is 15.1. The molecule has 0 atom stereocenters. The second-order valence-electron chi connectivity index (χ2n) is 7.57. The van der Waals surface area contributed by atoms with E-state index in [0.717, 1.165) is 43.1 Å². The fourth-order valence-electron chi connectivity index (χ4n) is 3.75. The van der Waals surface area contributed by atoms with Crippen molar-refractivity contribution in [2.24, 2.45) is 11.7 Å². The Hall–Kier alpha value is -3.80. The fraction of sp³-hybridized carbons (Fsp3) is 0.200. The molecule has 1 saturated heterocycles. The number of hydrogen-bond acceptors (Lipinski definition) is 4. The van der Waals surface area contributed by atoms with Crippen LogP contribution in [0.15, 0.2) is 78.9 Å². The van der Waals surface area contributed by atoms with Gasteiger partial charge in [-0.2, -0.15) is 0 Å². The van der Waals surface area contributed by atoms with E-state index >= 15 is 0 Å². The standard InChI is InChI=1S/C25H25N3O3/c26-24(29)18-14-16-28(17-15-18)23-9-5-4-8-22(23)27-25(30)19-10-12-21(13-11-19)31-20-6-2-1-3-7-20/h1-13,18H,14-17H2,(H2,26,29)(H,27,30). The molecule has 158 valence electrons. The lowest BCUT2D eigenvalue weighted by atomic mass is 9.96. The van der Waals surface area contributed by atoms with Gasteiger partial charge in [0, 0.05) is 24.6 Å². The number of nitrogens with one attached hydrogen (secondary N) is 1. The molecular weight excluding hydrogens is 390 g/mol. The third-order valence-corrected chi connectivity index (χ3v) is 5.49. The first-order valence-electron chi connectivity index (χ1n) is 10.4. The average Bonchev–Trinajstić information content (AvgIpc) is 2.81. The van der Waals surface area contributed by atoms with Crippen molar-refractivity contribution in [3.63, 3.8) is 0 Å². The van der Waals surface area contributed by atoms with Crippen LogP contribution in [0.2, 0.25) is 0 Å². The molecule has 2 amide bonds. The number of anilines is 2. The summed E-state index contributed by atoms with van der Waals surface area (Å²) in [4.78, 5) is 26.4. The zero-order valence-corrected chi connectivity index (χ0v) is 17.2. The van der Waals surface area contributed by atoms with Gasteiger partial charge in [-0.1, -0.05) is 30.3 Å². The molecule has 3 aromatic rings. The van der Waals surface area contributed by atoms with E-state index in [1.165, 1.54) is 0 Å². The van der Waals surface area contributed by atoms with Crippen LogP contribution >= 0.6 is 0 Å². The van der Waals surface area contributed by atoms with Crippen molar-refractivity contribution in [3.8, 4) is 11.5 Å². The van der Waals surface area contributed by atoms with Crippen molar-refractivity contribution in [2.45, 2.75) is 12.8 Å². The Labute approximate surface area is 181 Å². The zero-order chi connectivity index (χ0) is 21.6. The van der Waals surface area contributed by atoms with Gasteiger partial charge in [0.2, 0.25) is 5.91 Å². The smallest absolute Gasteiger partial charge is 0.255 e. The van der Waals surface area contributed by atoms with Gasteiger partial charge in [-0.3, -0.25) is 9.59 Å². The van der Waals surface area contributed by atoms with Gasteiger partial charge >= 0.3 is 0 Å². The number of primary amides is 1. The summed E-state index contributed by atoms with van der Waals surface area (Å²) < 4.78 is 5.78. The molecule has 0 bridgehead atoms. The minimum absolute atomic E-state index is 0.0744. The molecule has 6 heteroatoms. The maximum atomic E-state index is 12.8. The van der Waals surface area contributed by atoms with E-state index in [9.17, 15) is 9.59 Å². The predicted molar refractivity (Wildman–Crippen MR) is 121 cm³/mol. The minimum atomic E-state index is -0.235. The maximum Gasteiger partial charge on any atom is 0.255 e. The highest BCUT2D eigenvalue weighted by Crippen LogP contribution is 2.30. The van der Waals surface area contributed by atoms with Crippen molar-refractivity contribution < 1.29 is 14.3 Å². The Bertz CT molecular complexity index is 1040. The minimum Gasteiger partial charge on any atom is -0.457 e. The van der Waals surface area contributed by atoms with Gasteiger partial charge in [-0.05, 0) is 61.4 Å². The van der Waals surface area contributed by atoms with Crippen molar-refractivity contribution in [1.29, 1.82) is 0 Å². The number of carbonyl (C=O) groups is 2. The van der Waals surface area contributed by atoms with Crippen LogP contribution in [0.1, 0.15) is 23.2 Å². The second kappa shape index (κ2) is 9.34. The largest absolute Gasteiger partial charge is 0.457 e. The van der Waals surface area contributed by atoms with Crippen LogP contribution in [0, 0.1) is 5.92 Å². The summed E-state index contributed by atoms with van der Waals surface area (Å²) in [6, 6.07) is 24.3. The number of hydrogen-bond donors (Lipinski definition) is 2. The predicted octanol–water partition coefficient (Wildman–Crippen LogP) is 4.43. The molecule has 1 aliphatic rings. The molecule has 3 N–H and O–H groups in total. The van der Waals surface area contributed by atoms with E-state index in [-0.39, 0.29) is 17.7 Å². The number of para-hydroxylation sites is 3. The fourth-order valence-corrected chi connectivity index (χ4v) is 3.75. The number of ether oxygens (including phenoxy) is 1. The molecule has 0 aliphatic carbocycles. The third kappa shape index (κ3) is 5.04. The van der Waals surface area contributed by atoms with Crippen LogP contribution in [-0.2, 0) is 4.79 Å². The van der Waals surface area contributed by atoms with Gasteiger partial charge in [0.1, 0.15) is 11.5 Å². The summed E-state index contributed by atoms with van der Waals surface area (Å²) in [6.45, 7) is 1.46. The van der Waals surface area contributed by atoms with Gasteiger partial charge in [-0.15, -0.1) is 0 Å². The van der Waals surface area contributed by atoms with Crippen molar-refractivity contribution in [3.05, 3.63) is 84.4 Å². The first kappa shape index (κ1) is 20.5. The van der Waals surface area contributed by atoms with Gasteiger partial charge in [0.25, 0.3) is 5.91 Å². The molecule has 4 rings (SSSR count). The molecule has 0 radical (unpaired) electrons. The average molecular weight is 415 g/mol. The van der Waals surface area contributed by atoms with Crippen LogP contribution < -0.4 is 20.7 Å². The van der Waals surface area contributed by atoms with E-state index in [1.54, 1.807) is 24.3 Å². The number of rotatable bonds is 6. The molecule has 0 aromatic heterocycles. The Morgan fingerprint density at radius 3 is 2.13 bits per heavy atom. The molecule has 31 heavy (non-hydrogen) atoms. The highest BCUT2D eigenvalue weighted by atomic mass is 16.5. The summed E-state index contributed by atoms with van der Waals surface area (Å²) >= 11 is 0. The van der Waals surface area contributed by atoms with E-state index in [0.29, 0.717) is 11.3 Å². The highest BCUT2D eigenvalue weighted by molar-refractivity contribution is 6.06. The SMILES string of the molecule is NC(=O)C1CCN(c2ccccc2NC(=O)c2ccc(Oc3ccccc3)cc2)CC1. The van der Waals surface area contributed by atoms with Crippen molar-refractivity contribution >= 4 is 23.2 Å². The van der Waals surface area contributed by atoms with E-state index in [4.69, 9.17) is 10.5 Å². The molecule has 3 aromatic carbocycles. The Morgan fingerprint density at radius 2 is 1.45 bits per heavy atom. The van der Waals surface area contributed by atoms with Gasteiger partial charge in [-0.25, -0.2) is 0 Å². The quantitative estimate of drug-likeness (QED) is 0.624. The lowest BCUT2D eigenvalue weighted by molar-refractivity contribution is -0.122. The number of nitrogens with two attached hydrogens (primary N) is 1. The molecule has 1 aliphatic heterocycles. The zero-order valence-electron chi connectivity index (χ0n) is 17.2. The normalized spacial score (nSPS) is 14.1. The Morgan fingerprint density at radius 1 is 0.839 bits per heavy atom. The third-order valence-electron chi connectivity index (χ3n) is 5.49. The van der Waals surface area contributed by atoms with E-state index < -0.39 is 0 Å². The second-order valence-corrected chi connectivity index (χ2v) is 7.57. The topological polar surface area (TPSA) is 84.7 Å². The van der Waals surface area contributed by atoms with Gasteiger partial charge < -0.3 is 20.7 Å². The Balaban J connectivity index is 1.42. The lowest BCUT2D eigenvalue weighted by Gasteiger charge is -2.33. The van der Waals surface area contributed by atoms with Gasteiger partial charge in [0.15, 0.2) is 0 Å². The molecule has 1 fully saturated rings. The van der Waals surface area contributed by atoms with Crippen LogP contribution in [-0.4, -0.2) is 24.9 Å². The summed E-state index contributed by atoms with van der Waals surface area (Å²) in [6.07, 6.45) is 1.45. The summed E-state index contributed by atoms with van der Waals surface area (Å²) in [7, 11) is 0. The maximum absolute atomic E-state index is 12.8. The number of piperidine rings is 1. The Kier molecular flexibility index (Phi) is 6.17. The summed E-state index contributed by atoms with van der Waals surface area (Å²) in [5.74, 6) is 0.912. The molecule has 0 saturated carbocycles. The molecule has 1 heterocycles. The molecule has 0 unspecified atom stereocenters. The number of amides is 2. The molecular formula is C25H25N3O3. The van der Waals surface area contributed by atoms with Crippen molar-refractivity contribution in [2.75, 3.05) is 23.3 Å². The molecule has 0 spiro atoms. The summed E-state index contributed by atoms with van der Waals surface area (Å²) in [5.41, 5.74) is 7.68. The monoisotopic (exact) mass is 415 g/mol. The van der Waals surface area contributed by atoms with Crippen LogP contribution in [0.3, 0.4) is 0 Å². The number of carbonyl (C=O) groups excluding carboxylic acids is 2. The van der Waals surface area contributed by atoms with Crippen molar-refractivity contribution in [1.82, 2.24) is 0 Å². The molecule has 6 nitrogen and oxygen atoms in total. The lowest BCUT2D eigenvalue weighted by Crippen LogP contribution is -2.38.